The Morgan fingerprint density at radius 2 is 2.30 bits per heavy atom. The van der Waals surface area contributed by atoms with Crippen LogP contribution in [0.4, 0.5) is 0 Å². The van der Waals surface area contributed by atoms with E-state index in [1.807, 2.05) is 30.9 Å². The number of aliphatic hydroxyl groups is 1. The van der Waals surface area contributed by atoms with Gasteiger partial charge in [0.2, 0.25) is 0 Å². The summed E-state index contributed by atoms with van der Waals surface area (Å²) < 4.78 is 5.35. The Morgan fingerprint density at radius 1 is 1.50 bits per heavy atom. The van der Waals surface area contributed by atoms with Crippen molar-refractivity contribution in [3.8, 4) is 11.8 Å². The lowest BCUT2D eigenvalue weighted by Crippen LogP contribution is -2.47. The lowest BCUT2D eigenvalue weighted by molar-refractivity contribution is 0.00359. The van der Waals surface area contributed by atoms with E-state index in [4.69, 9.17) is 9.84 Å². The molecule has 1 heterocycles. The number of nitrogens with zero attached hydrogens (tertiary/aromatic N) is 1. The van der Waals surface area contributed by atoms with Gasteiger partial charge in [-0.2, -0.15) is 0 Å². The van der Waals surface area contributed by atoms with Gasteiger partial charge in [0.1, 0.15) is 6.61 Å². The van der Waals surface area contributed by atoms with Gasteiger partial charge in [-0.1, -0.05) is 11.8 Å². The Kier molecular flexibility index (Phi) is 4.78. The average Bonchev–Trinajstić information content (AvgIpc) is 2.44. The van der Waals surface area contributed by atoms with Gasteiger partial charge >= 0.3 is 0 Å². The molecule has 1 aliphatic heterocycles. The molecule has 106 valence electrons. The second-order valence-electron chi connectivity index (χ2n) is 4.97. The van der Waals surface area contributed by atoms with Crippen molar-refractivity contribution in [3.63, 3.8) is 0 Å². The van der Waals surface area contributed by atoms with Crippen molar-refractivity contribution in [2.45, 2.75) is 19.9 Å². The van der Waals surface area contributed by atoms with E-state index in [2.05, 4.69) is 11.8 Å². The number of benzene rings is 1. The van der Waals surface area contributed by atoms with Crippen molar-refractivity contribution in [2.75, 3.05) is 26.4 Å². The van der Waals surface area contributed by atoms with Gasteiger partial charge in [-0.25, -0.2) is 0 Å². The number of morpholine rings is 1. The molecular formula is C16H19NO3. The molecule has 0 spiro atoms. The molecular weight excluding hydrogens is 254 g/mol. The van der Waals surface area contributed by atoms with Crippen LogP contribution in [0.15, 0.2) is 18.2 Å². The Morgan fingerprint density at radius 3 is 3.00 bits per heavy atom. The zero-order chi connectivity index (χ0) is 14.5. The SMILES string of the molecule is Cc1cc(C#CCO)cc(C(=O)N2CCOCC2C)c1. The standard InChI is InChI=1S/C16H19NO3/c1-12-8-14(4-3-6-18)10-15(9-12)16(19)17-5-7-20-11-13(17)2/h8-10,13,18H,5-7,11H2,1-2H3. The molecule has 1 unspecified atom stereocenters. The molecule has 4 heteroatoms. The van der Waals surface area contributed by atoms with Crippen LogP contribution in [0.2, 0.25) is 0 Å². The lowest BCUT2D eigenvalue weighted by Gasteiger charge is -2.33. The Labute approximate surface area is 119 Å². The zero-order valence-electron chi connectivity index (χ0n) is 11.8. The fraction of sp³-hybridized carbons (Fsp3) is 0.438. The van der Waals surface area contributed by atoms with E-state index in [1.165, 1.54) is 0 Å². The van der Waals surface area contributed by atoms with Gasteiger partial charge in [0.15, 0.2) is 0 Å². The number of carbonyl (C=O) groups excluding carboxylic acids is 1. The minimum Gasteiger partial charge on any atom is -0.384 e. The molecule has 1 aromatic rings. The highest BCUT2D eigenvalue weighted by molar-refractivity contribution is 5.95. The molecule has 0 aliphatic carbocycles. The summed E-state index contributed by atoms with van der Waals surface area (Å²) in [6.07, 6.45) is 0. The fourth-order valence-corrected chi connectivity index (χ4v) is 2.32. The maximum atomic E-state index is 12.6. The average molecular weight is 273 g/mol. The maximum absolute atomic E-state index is 12.6. The van der Waals surface area contributed by atoms with E-state index in [9.17, 15) is 4.79 Å². The highest BCUT2D eigenvalue weighted by Crippen LogP contribution is 2.15. The predicted molar refractivity (Wildman–Crippen MR) is 76.5 cm³/mol. The summed E-state index contributed by atoms with van der Waals surface area (Å²) >= 11 is 0. The number of hydrogen-bond acceptors (Lipinski definition) is 3. The number of aryl methyl sites for hydroxylation is 1. The third-order valence-corrected chi connectivity index (χ3v) is 3.26. The zero-order valence-corrected chi connectivity index (χ0v) is 11.8. The van der Waals surface area contributed by atoms with E-state index in [0.717, 1.165) is 11.1 Å². The summed E-state index contributed by atoms with van der Waals surface area (Å²) in [5, 5.41) is 8.75. The minimum absolute atomic E-state index is 0.0107. The Bertz CT molecular complexity index is 557. The minimum atomic E-state index is -0.183. The van der Waals surface area contributed by atoms with Crippen molar-refractivity contribution < 1.29 is 14.6 Å². The second-order valence-corrected chi connectivity index (χ2v) is 4.97. The molecule has 0 bridgehead atoms. The molecule has 20 heavy (non-hydrogen) atoms. The number of rotatable bonds is 1. The largest absolute Gasteiger partial charge is 0.384 e. The van der Waals surface area contributed by atoms with E-state index < -0.39 is 0 Å². The molecule has 1 saturated heterocycles. The fourth-order valence-electron chi connectivity index (χ4n) is 2.32. The van der Waals surface area contributed by atoms with E-state index >= 15 is 0 Å². The number of carbonyl (C=O) groups is 1. The number of aliphatic hydroxyl groups excluding tert-OH is 1. The van der Waals surface area contributed by atoms with Gasteiger partial charge in [0.25, 0.3) is 5.91 Å². The van der Waals surface area contributed by atoms with Crippen molar-refractivity contribution in [1.29, 1.82) is 0 Å². The quantitative estimate of drug-likeness (QED) is 0.782. The van der Waals surface area contributed by atoms with Crippen LogP contribution < -0.4 is 0 Å². The third kappa shape index (κ3) is 3.38. The van der Waals surface area contributed by atoms with Crippen molar-refractivity contribution in [3.05, 3.63) is 34.9 Å². The van der Waals surface area contributed by atoms with Crippen molar-refractivity contribution >= 4 is 5.91 Å². The van der Waals surface area contributed by atoms with Crippen LogP contribution in [0.25, 0.3) is 0 Å². The summed E-state index contributed by atoms with van der Waals surface area (Å²) in [5.74, 6) is 5.47. The normalized spacial score (nSPS) is 18.4. The number of ether oxygens (including phenoxy) is 1. The van der Waals surface area contributed by atoms with Gasteiger partial charge in [-0.15, -0.1) is 0 Å². The van der Waals surface area contributed by atoms with Crippen LogP contribution >= 0.6 is 0 Å². The molecule has 1 aliphatic rings. The number of amides is 1. The first-order chi connectivity index (χ1) is 9.61. The predicted octanol–water partition coefficient (Wildman–Crippen LogP) is 1.20. The molecule has 1 atom stereocenters. The first-order valence-corrected chi connectivity index (χ1v) is 6.72. The van der Waals surface area contributed by atoms with Crippen LogP contribution in [-0.2, 0) is 4.74 Å². The summed E-state index contributed by atoms with van der Waals surface area (Å²) in [7, 11) is 0. The summed E-state index contributed by atoms with van der Waals surface area (Å²) in [4.78, 5) is 14.4. The van der Waals surface area contributed by atoms with E-state index in [0.29, 0.717) is 25.3 Å². The van der Waals surface area contributed by atoms with Crippen LogP contribution in [0.3, 0.4) is 0 Å². The van der Waals surface area contributed by atoms with Crippen molar-refractivity contribution in [2.24, 2.45) is 0 Å². The Balaban J connectivity index is 2.27. The smallest absolute Gasteiger partial charge is 0.254 e. The molecule has 1 fully saturated rings. The van der Waals surface area contributed by atoms with E-state index in [1.54, 1.807) is 6.07 Å². The maximum Gasteiger partial charge on any atom is 0.254 e. The molecule has 0 aromatic heterocycles. The third-order valence-electron chi connectivity index (χ3n) is 3.26. The molecule has 1 aromatic carbocycles. The van der Waals surface area contributed by atoms with Gasteiger partial charge in [0, 0.05) is 17.7 Å². The first-order valence-electron chi connectivity index (χ1n) is 6.72. The highest BCUT2D eigenvalue weighted by atomic mass is 16.5. The topological polar surface area (TPSA) is 49.8 Å². The molecule has 4 nitrogen and oxygen atoms in total. The van der Waals surface area contributed by atoms with Crippen LogP contribution in [0.5, 0.6) is 0 Å². The van der Waals surface area contributed by atoms with Crippen LogP contribution in [-0.4, -0.2) is 48.3 Å². The number of hydrogen-bond donors (Lipinski definition) is 1. The van der Waals surface area contributed by atoms with Crippen molar-refractivity contribution in [1.82, 2.24) is 4.90 Å². The summed E-state index contributed by atoms with van der Waals surface area (Å²) in [5.41, 5.74) is 2.38. The lowest BCUT2D eigenvalue weighted by atomic mass is 10.0. The van der Waals surface area contributed by atoms with Gasteiger partial charge in [0.05, 0.1) is 19.3 Å². The molecule has 1 N–H and O–H groups in total. The molecule has 1 amide bonds. The second kappa shape index (κ2) is 6.56. The monoisotopic (exact) mass is 273 g/mol. The van der Waals surface area contributed by atoms with Crippen LogP contribution in [0.1, 0.15) is 28.4 Å². The molecule has 0 radical (unpaired) electrons. The first kappa shape index (κ1) is 14.6. The summed E-state index contributed by atoms with van der Waals surface area (Å²) in [6, 6.07) is 5.64. The highest BCUT2D eigenvalue weighted by Gasteiger charge is 2.24. The molecule has 0 saturated carbocycles. The summed E-state index contributed by atoms with van der Waals surface area (Å²) in [6.45, 7) is 5.51. The van der Waals surface area contributed by atoms with Gasteiger partial charge in [-0.05, 0) is 37.6 Å². The van der Waals surface area contributed by atoms with Crippen LogP contribution in [0, 0.1) is 18.8 Å². The van der Waals surface area contributed by atoms with Gasteiger partial charge in [-0.3, -0.25) is 4.79 Å². The Hall–Kier alpha value is -1.83. The van der Waals surface area contributed by atoms with Gasteiger partial charge < -0.3 is 14.7 Å². The van der Waals surface area contributed by atoms with E-state index in [-0.39, 0.29) is 18.6 Å². The molecule has 2 rings (SSSR count).